The first kappa shape index (κ1) is 16.2. The maximum Gasteiger partial charge on any atom is 0.215 e. The molecule has 7 heteroatoms. The van der Waals surface area contributed by atoms with Crippen molar-refractivity contribution in [2.75, 3.05) is 19.6 Å². The number of nitrogens with one attached hydrogen (secondary N) is 2. The van der Waals surface area contributed by atoms with Crippen molar-refractivity contribution in [1.82, 2.24) is 19.8 Å². The molecule has 1 aromatic heterocycles. The Morgan fingerprint density at radius 3 is 2.87 bits per heavy atom. The number of aromatic nitrogens is 2. The van der Waals surface area contributed by atoms with Gasteiger partial charge in [0.05, 0.1) is 17.1 Å². The van der Waals surface area contributed by atoms with Crippen molar-refractivity contribution in [3.63, 3.8) is 0 Å². The minimum absolute atomic E-state index is 0.325. The van der Waals surface area contributed by atoms with Crippen molar-refractivity contribution < 1.29 is 8.42 Å². The van der Waals surface area contributed by atoms with E-state index in [0.29, 0.717) is 26.1 Å². The van der Waals surface area contributed by atoms with Gasteiger partial charge in [-0.25, -0.2) is 13.1 Å². The van der Waals surface area contributed by atoms with Crippen LogP contribution in [0.15, 0.2) is 36.5 Å². The van der Waals surface area contributed by atoms with Crippen LogP contribution in [0, 0.1) is 0 Å². The minimum Gasteiger partial charge on any atom is -0.298 e. The molecule has 0 spiro atoms. The molecule has 2 N–H and O–H groups in total. The Bertz CT molecular complexity index is 742. The van der Waals surface area contributed by atoms with Crippen molar-refractivity contribution in [2.45, 2.75) is 25.1 Å². The number of rotatable bonds is 6. The average molecular weight is 334 g/mol. The van der Waals surface area contributed by atoms with Crippen LogP contribution in [-0.2, 0) is 16.6 Å². The van der Waals surface area contributed by atoms with Crippen LogP contribution in [0.3, 0.4) is 0 Å². The Balaban J connectivity index is 1.69. The fourth-order valence-electron chi connectivity index (χ4n) is 3.04. The largest absolute Gasteiger partial charge is 0.298 e. The van der Waals surface area contributed by atoms with Crippen LogP contribution in [0.4, 0.5) is 0 Å². The molecule has 1 atom stereocenters. The second-order valence-electron chi connectivity index (χ2n) is 5.82. The molecule has 2 aromatic rings. The smallest absolute Gasteiger partial charge is 0.215 e. The summed E-state index contributed by atoms with van der Waals surface area (Å²) >= 11 is 0. The molecule has 2 heterocycles. The van der Waals surface area contributed by atoms with E-state index in [9.17, 15) is 8.42 Å². The summed E-state index contributed by atoms with van der Waals surface area (Å²) in [5.41, 5.74) is 3.19. The maximum absolute atomic E-state index is 12.1. The summed E-state index contributed by atoms with van der Waals surface area (Å²) in [6, 6.07) is 10.1. The van der Waals surface area contributed by atoms with E-state index in [1.54, 1.807) is 0 Å². The Kier molecular flexibility index (Phi) is 4.79. The zero-order chi connectivity index (χ0) is 16.3. The summed E-state index contributed by atoms with van der Waals surface area (Å²) in [5, 5.41) is 6.88. The average Bonchev–Trinajstić information content (AvgIpc) is 3.18. The molecule has 23 heavy (non-hydrogen) atoms. The van der Waals surface area contributed by atoms with Crippen molar-refractivity contribution in [1.29, 1.82) is 0 Å². The number of sulfonamides is 1. The maximum atomic E-state index is 12.1. The van der Waals surface area contributed by atoms with E-state index in [2.05, 4.69) is 19.8 Å². The van der Waals surface area contributed by atoms with E-state index in [-0.39, 0.29) is 5.25 Å². The van der Waals surface area contributed by atoms with E-state index in [1.807, 2.05) is 43.5 Å². The molecule has 0 unspecified atom stereocenters. The van der Waals surface area contributed by atoms with Crippen LogP contribution in [0.5, 0.6) is 0 Å². The molecule has 1 fully saturated rings. The molecular formula is C16H22N4O2S. The van der Waals surface area contributed by atoms with Crippen molar-refractivity contribution in [3.05, 3.63) is 42.1 Å². The highest BCUT2D eigenvalue weighted by molar-refractivity contribution is 7.90. The SMILES string of the molecule is CCNS(=O)(=O)[C@@H]1CCN(Cc2cn[nH]c2-c2ccccc2)C1. The zero-order valence-corrected chi connectivity index (χ0v) is 14.0. The van der Waals surface area contributed by atoms with Gasteiger partial charge in [-0.2, -0.15) is 5.10 Å². The first-order valence-electron chi connectivity index (χ1n) is 7.88. The lowest BCUT2D eigenvalue weighted by molar-refractivity contribution is 0.331. The third-order valence-electron chi connectivity index (χ3n) is 4.19. The molecule has 6 nitrogen and oxygen atoms in total. The fourth-order valence-corrected chi connectivity index (χ4v) is 4.50. The second kappa shape index (κ2) is 6.82. The van der Waals surface area contributed by atoms with E-state index in [4.69, 9.17) is 0 Å². The third-order valence-corrected chi connectivity index (χ3v) is 6.14. The lowest BCUT2D eigenvalue weighted by Crippen LogP contribution is -2.36. The van der Waals surface area contributed by atoms with Crippen LogP contribution in [0.1, 0.15) is 18.9 Å². The number of H-pyrrole nitrogens is 1. The van der Waals surface area contributed by atoms with Gasteiger partial charge >= 0.3 is 0 Å². The summed E-state index contributed by atoms with van der Waals surface area (Å²) in [6.45, 7) is 4.31. The Labute approximate surface area is 137 Å². The Morgan fingerprint density at radius 2 is 2.13 bits per heavy atom. The summed E-state index contributed by atoms with van der Waals surface area (Å²) in [7, 11) is -3.20. The molecule has 3 rings (SSSR count). The van der Waals surface area contributed by atoms with Gasteiger partial charge in [0.15, 0.2) is 0 Å². The van der Waals surface area contributed by atoms with Crippen LogP contribution in [0.25, 0.3) is 11.3 Å². The van der Waals surface area contributed by atoms with Gasteiger partial charge in [-0.05, 0) is 18.5 Å². The van der Waals surface area contributed by atoms with Gasteiger partial charge in [0, 0.05) is 25.2 Å². The third kappa shape index (κ3) is 3.63. The van der Waals surface area contributed by atoms with Crippen molar-refractivity contribution in [2.24, 2.45) is 0 Å². The molecule has 124 valence electrons. The highest BCUT2D eigenvalue weighted by Gasteiger charge is 2.32. The normalized spacial score (nSPS) is 19.3. The molecule has 1 aromatic carbocycles. The van der Waals surface area contributed by atoms with Crippen LogP contribution < -0.4 is 4.72 Å². The summed E-state index contributed by atoms with van der Waals surface area (Å²) in [4.78, 5) is 2.18. The summed E-state index contributed by atoms with van der Waals surface area (Å²) in [6.07, 6.45) is 2.50. The van der Waals surface area contributed by atoms with Gasteiger partial charge in [0.2, 0.25) is 10.0 Å². The fraction of sp³-hybridized carbons (Fsp3) is 0.438. The van der Waals surface area contributed by atoms with Crippen LogP contribution in [0.2, 0.25) is 0 Å². The van der Waals surface area contributed by atoms with Gasteiger partial charge in [-0.15, -0.1) is 0 Å². The molecule has 1 aliphatic rings. The number of hydrogen-bond acceptors (Lipinski definition) is 4. The monoisotopic (exact) mass is 334 g/mol. The molecular weight excluding hydrogens is 312 g/mol. The van der Waals surface area contributed by atoms with E-state index >= 15 is 0 Å². The Morgan fingerprint density at radius 1 is 1.35 bits per heavy atom. The molecule has 0 amide bonds. The van der Waals surface area contributed by atoms with E-state index in [1.165, 1.54) is 0 Å². The minimum atomic E-state index is -3.20. The Hall–Kier alpha value is -1.70. The zero-order valence-electron chi connectivity index (χ0n) is 13.2. The predicted octanol–water partition coefficient (Wildman–Crippen LogP) is 1.59. The topological polar surface area (TPSA) is 78.1 Å². The van der Waals surface area contributed by atoms with Crippen LogP contribution in [-0.4, -0.2) is 48.4 Å². The molecule has 0 aliphatic carbocycles. The van der Waals surface area contributed by atoms with Gasteiger partial charge in [0.25, 0.3) is 0 Å². The first-order valence-corrected chi connectivity index (χ1v) is 9.43. The highest BCUT2D eigenvalue weighted by atomic mass is 32.2. The van der Waals surface area contributed by atoms with Gasteiger partial charge in [0.1, 0.15) is 0 Å². The summed E-state index contributed by atoms with van der Waals surface area (Å²) in [5.74, 6) is 0. The number of hydrogen-bond donors (Lipinski definition) is 2. The first-order chi connectivity index (χ1) is 11.1. The predicted molar refractivity (Wildman–Crippen MR) is 90.3 cm³/mol. The highest BCUT2D eigenvalue weighted by Crippen LogP contribution is 2.24. The van der Waals surface area contributed by atoms with E-state index < -0.39 is 10.0 Å². The number of benzene rings is 1. The van der Waals surface area contributed by atoms with Crippen LogP contribution >= 0.6 is 0 Å². The molecule has 1 aliphatic heterocycles. The second-order valence-corrected chi connectivity index (χ2v) is 7.87. The van der Waals surface area contributed by atoms with Gasteiger partial charge in [-0.3, -0.25) is 10.00 Å². The number of aromatic amines is 1. The lowest BCUT2D eigenvalue weighted by Gasteiger charge is -2.16. The van der Waals surface area contributed by atoms with Crippen molar-refractivity contribution >= 4 is 10.0 Å². The van der Waals surface area contributed by atoms with E-state index in [0.717, 1.165) is 23.4 Å². The molecule has 0 saturated carbocycles. The molecule has 1 saturated heterocycles. The number of likely N-dealkylation sites (tertiary alicyclic amines) is 1. The molecule has 0 bridgehead atoms. The van der Waals surface area contributed by atoms with Crippen molar-refractivity contribution in [3.8, 4) is 11.3 Å². The van der Waals surface area contributed by atoms with Gasteiger partial charge in [-0.1, -0.05) is 37.3 Å². The van der Waals surface area contributed by atoms with Gasteiger partial charge < -0.3 is 0 Å². The quantitative estimate of drug-likeness (QED) is 0.841. The number of nitrogens with zero attached hydrogens (tertiary/aromatic N) is 2. The molecule has 0 radical (unpaired) electrons. The lowest BCUT2D eigenvalue weighted by atomic mass is 10.1. The standard InChI is InChI=1S/C16H22N4O2S/c1-2-18-23(21,22)15-8-9-20(12-15)11-14-10-17-19-16(14)13-6-4-3-5-7-13/h3-7,10,15,18H,2,8-9,11-12H2,1H3,(H,17,19)/t15-/m1/s1. The summed E-state index contributed by atoms with van der Waals surface area (Å²) < 4.78 is 26.8.